The van der Waals surface area contributed by atoms with Gasteiger partial charge in [-0.2, -0.15) is 5.10 Å². The number of hydrazine groups is 1. The zero-order valence-electron chi connectivity index (χ0n) is 17.0. The summed E-state index contributed by atoms with van der Waals surface area (Å²) in [5.41, 5.74) is 8.60. The highest BCUT2D eigenvalue weighted by Gasteiger charge is 2.44. The fourth-order valence-electron chi connectivity index (χ4n) is 4.08. The average Bonchev–Trinajstić information content (AvgIpc) is 3.41. The molecule has 32 heavy (non-hydrogen) atoms. The number of carbonyl (C=O) groups excluding carboxylic acids is 1. The molecule has 0 aromatic heterocycles. The molecule has 10 heteroatoms. The second-order valence-corrected chi connectivity index (χ2v) is 9.12. The Bertz CT molecular complexity index is 1060. The van der Waals surface area contributed by atoms with E-state index in [1.807, 2.05) is 42.7 Å². The van der Waals surface area contributed by atoms with Crippen molar-refractivity contribution in [3.05, 3.63) is 82.9 Å². The summed E-state index contributed by atoms with van der Waals surface area (Å²) in [5.74, 6) is -0.0612. The van der Waals surface area contributed by atoms with Gasteiger partial charge in [0.1, 0.15) is 12.0 Å². The smallest absolute Gasteiger partial charge is 0.230 e. The van der Waals surface area contributed by atoms with E-state index in [4.69, 9.17) is 11.6 Å². The van der Waals surface area contributed by atoms with Gasteiger partial charge >= 0.3 is 0 Å². The van der Waals surface area contributed by atoms with E-state index in [9.17, 15) is 9.18 Å². The number of hydrogen-bond donors (Lipinski definition) is 3. The van der Waals surface area contributed by atoms with E-state index in [1.165, 1.54) is 23.9 Å². The summed E-state index contributed by atoms with van der Waals surface area (Å²) >= 11 is 7.53. The number of hydrazone groups is 1. The lowest BCUT2D eigenvalue weighted by atomic mass is 10.00. The van der Waals surface area contributed by atoms with Crippen LogP contribution in [0.5, 0.6) is 0 Å². The fraction of sp³-hybridized carbons (Fsp3) is 0.273. The van der Waals surface area contributed by atoms with E-state index in [0.717, 1.165) is 22.7 Å². The maximum Gasteiger partial charge on any atom is 0.230 e. The highest BCUT2D eigenvalue weighted by atomic mass is 35.5. The standard InChI is InChI=1S/C22H22ClFN6OS/c23-17-4-2-1-3-15(17)12-25-20(31)13-32-22-27-26-21-19-11-18(14-5-7-16(24)8-6-14)28-30(19)10-9-29(21)22/h1-10,18-19,21,26,28H,11-13H2,(H,25,31). The van der Waals surface area contributed by atoms with Crippen LogP contribution in [-0.4, -0.2) is 38.9 Å². The predicted molar refractivity (Wildman–Crippen MR) is 124 cm³/mol. The summed E-state index contributed by atoms with van der Waals surface area (Å²) in [5, 5.41) is 10.8. The third-order valence-corrected chi connectivity index (χ3v) is 7.08. The largest absolute Gasteiger partial charge is 0.351 e. The molecule has 3 aliphatic rings. The lowest BCUT2D eigenvalue weighted by Crippen LogP contribution is -2.54. The molecule has 1 amide bonds. The van der Waals surface area contributed by atoms with Gasteiger partial charge in [0.2, 0.25) is 5.91 Å². The Balaban J connectivity index is 1.15. The van der Waals surface area contributed by atoms with Crippen LogP contribution in [0.2, 0.25) is 5.02 Å². The molecule has 0 spiro atoms. The summed E-state index contributed by atoms with van der Waals surface area (Å²) < 4.78 is 13.3. The molecule has 2 aromatic carbocycles. The minimum atomic E-state index is -0.237. The number of thioether (sulfide) groups is 1. The van der Waals surface area contributed by atoms with E-state index in [0.29, 0.717) is 11.6 Å². The van der Waals surface area contributed by atoms with Crippen molar-refractivity contribution in [2.75, 3.05) is 5.75 Å². The monoisotopic (exact) mass is 472 g/mol. The molecule has 3 N–H and O–H groups in total. The molecular weight excluding hydrogens is 451 g/mol. The molecule has 166 valence electrons. The molecule has 1 fully saturated rings. The number of rotatable bonds is 5. The van der Waals surface area contributed by atoms with Crippen LogP contribution in [-0.2, 0) is 11.3 Å². The van der Waals surface area contributed by atoms with Crippen LogP contribution >= 0.6 is 23.4 Å². The number of fused-ring (bicyclic) bond motifs is 3. The normalized spacial score (nSPS) is 23.4. The Morgan fingerprint density at radius 2 is 2.03 bits per heavy atom. The van der Waals surface area contributed by atoms with Gasteiger partial charge in [0.15, 0.2) is 5.17 Å². The topological polar surface area (TPSA) is 72.0 Å². The SMILES string of the molecule is O=C(CSC1=NNC2C3CC(c4ccc(F)cc4)NN3C=CN12)NCc1ccccc1Cl. The Morgan fingerprint density at radius 1 is 1.22 bits per heavy atom. The first-order valence-corrected chi connectivity index (χ1v) is 11.7. The highest BCUT2D eigenvalue weighted by molar-refractivity contribution is 8.14. The zero-order valence-corrected chi connectivity index (χ0v) is 18.6. The van der Waals surface area contributed by atoms with Crippen LogP contribution in [0.3, 0.4) is 0 Å². The zero-order chi connectivity index (χ0) is 22.1. The van der Waals surface area contributed by atoms with Crippen molar-refractivity contribution in [2.45, 2.75) is 31.2 Å². The molecule has 7 nitrogen and oxygen atoms in total. The molecule has 1 saturated heterocycles. The Hall–Kier alpha value is -2.75. The Morgan fingerprint density at radius 3 is 2.84 bits per heavy atom. The third kappa shape index (κ3) is 4.28. The quantitative estimate of drug-likeness (QED) is 0.621. The second kappa shape index (κ2) is 9.01. The van der Waals surface area contributed by atoms with Crippen molar-refractivity contribution >= 4 is 34.4 Å². The fourth-order valence-corrected chi connectivity index (χ4v) is 5.08. The number of carbonyl (C=O) groups is 1. The number of amidine groups is 1. The first-order valence-electron chi connectivity index (χ1n) is 10.3. The molecule has 0 radical (unpaired) electrons. The number of nitrogens with one attached hydrogen (secondary N) is 3. The number of benzene rings is 2. The first kappa shape index (κ1) is 21.1. The van der Waals surface area contributed by atoms with Gasteiger partial charge < -0.3 is 15.2 Å². The summed E-state index contributed by atoms with van der Waals surface area (Å²) in [6, 6.07) is 14.3. The minimum absolute atomic E-state index is 0.0355. The van der Waals surface area contributed by atoms with E-state index in [-0.39, 0.29) is 35.7 Å². The van der Waals surface area contributed by atoms with Gasteiger partial charge in [-0.05, 0) is 35.7 Å². The van der Waals surface area contributed by atoms with Crippen molar-refractivity contribution in [1.82, 2.24) is 26.1 Å². The molecule has 3 atom stereocenters. The molecule has 0 aliphatic carbocycles. The van der Waals surface area contributed by atoms with Gasteiger partial charge in [-0.25, -0.2) is 9.82 Å². The molecule has 0 saturated carbocycles. The van der Waals surface area contributed by atoms with Crippen molar-refractivity contribution < 1.29 is 9.18 Å². The maximum absolute atomic E-state index is 13.3. The first-order chi connectivity index (χ1) is 15.6. The van der Waals surface area contributed by atoms with Crippen LogP contribution < -0.4 is 16.2 Å². The molecule has 3 unspecified atom stereocenters. The predicted octanol–water partition coefficient (Wildman–Crippen LogP) is 3.14. The molecular formula is C22H22ClFN6OS. The minimum Gasteiger partial charge on any atom is -0.351 e. The van der Waals surface area contributed by atoms with Crippen molar-refractivity contribution in [3.63, 3.8) is 0 Å². The van der Waals surface area contributed by atoms with E-state index >= 15 is 0 Å². The summed E-state index contributed by atoms with van der Waals surface area (Å²) in [7, 11) is 0. The van der Waals surface area contributed by atoms with Gasteiger partial charge in [0.25, 0.3) is 0 Å². The number of nitrogens with zero attached hydrogens (tertiary/aromatic N) is 3. The lowest BCUT2D eigenvalue weighted by molar-refractivity contribution is -0.118. The highest BCUT2D eigenvalue weighted by Crippen LogP contribution is 2.35. The van der Waals surface area contributed by atoms with Crippen molar-refractivity contribution in [3.8, 4) is 0 Å². The second-order valence-electron chi connectivity index (χ2n) is 7.77. The van der Waals surface area contributed by atoms with E-state index in [2.05, 4.69) is 31.2 Å². The van der Waals surface area contributed by atoms with Crippen molar-refractivity contribution in [1.29, 1.82) is 0 Å². The van der Waals surface area contributed by atoms with Crippen LogP contribution in [0.4, 0.5) is 4.39 Å². The van der Waals surface area contributed by atoms with E-state index in [1.54, 1.807) is 6.07 Å². The van der Waals surface area contributed by atoms with Gasteiger partial charge in [-0.15, -0.1) is 0 Å². The molecule has 2 aromatic rings. The van der Waals surface area contributed by atoms with Gasteiger partial charge in [-0.1, -0.05) is 53.7 Å². The molecule has 3 aliphatic heterocycles. The summed E-state index contributed by atoms with van der Waals surface area (Å²) in [6.07, 6.45) is 4.74. The molecule has 3 heterocycles. The van der Waals surface area contributed by atoms with Crippen LogP contribution in [0.1, 0.15) is 23.6 Å². The van der Waals surface area contributed by atoms with Gasteiger partial charge in [-0.3, -0.25) is 10.2 Å². The Kier molecular flexibility index (Phi) is 5.95. The number of halogens is 2. The van der Waals surface area contributed by atoms with Crippen LogP contribution in [0.25, 0.3) is 0 Å². The lowest BCUT2D eigenvalue weighted by Gasteiger charge is -2.36. The molecule has 0 bridgehead atoms. The third-order valence-electron chi connectivity index (χ3n) is 5.74. The van der Waals surface area contributed by atoms with Crippen LogP contribution in [0, 0.1) is 5.82 Å². The number of hydrogen-bond acceptors (Lipinski definition) is 7. The van der Waals surface area contributed by atoms with Crippen molar-refractivity contribution in [2.24, 2.45) is 5.10 Å². The maximum atomic E-state index is 13.3. The number of amides is 1. The van der Waals surface area contributed by atoms with Crippen LogP contribution in [0.15, 0.2) is 66.0 Å². The summed E-state index contributed by atoms with van der Waals surface area (Å²) in [4.78, 5) is 14.4. The Labute approximate surface area is 194 Å². The van der Waals surface area contributed by atoms with Gasteiger partial charge in [0, 0.05) is 24.0 Å². The summed E-state index contributed by atoms with van der Waals surface area (Å²) in [6.45, 7) is 0.392. The molecule has 5 rings (SSSR count). The van der Waals surface area contributed by atoms with Gasteiger partial charge in [0.05, 0.1) is 17.8 Å². The van der Waals surface area contributed by atoms with E-state index < -0.39 is 0 Å². The average molecular weight is 473 g/mol.